The zero-order chi connectivity index (χ0) is 27.6. The number of nitrogens with zero attached hydrogens (tertiary/aromatic N) is 3. The Morgan fingerprint density at radius 1 is 1.21 bits per heavy atom. The van der Waals surface area contributed by atoms with Crippen molar-refractivity contribution in [2.24, 2.45) is 17.6 Å². The van der Waals surface area contributed by atoms with Crippen LogP contribution in [0.1, 0.15) is 52.7 Å². The van der Waals surface area contributed by atoms with Gasteiger partial charge in [-0.2, -0.15) is 18.3 Å². The molecule has 5 rings (SSSR count). The molecule has 2 aliphatic rings. The summed E-state index contributed by atoms with van der Waals surface area (Å²) >= 11 is 0. The number of benzene rings is 1. The van der Waals surface area contributed by atoms with Crippen LogP contribution >= 0.6 is 0 Å². The second-order valence-electron chi connectivity index (χ2n) is 9.67. The molecule has 0 spiro atoms. The van der Waals surface area contributed by atoms with Gasteiger partial charge < -0.3 is 15.8 Å². The van der Waals surface area contributed by atoms with Crippen LogP contribution in [0, 0.1) is 11.8 Å². The quantitative estimate of drug-likeness (QED) is 0.354. The number of nitrogens with two attached hydrogens (primary N) is 1. The zero-order valence-electron chi connectivity index (χ0n) is 20.9. The first kappa shape index (κ1) is 26.8. The molecule has 1 aromatic carbocycles. The molecule has 0 aliphatic heterocycles. The van der Waals surface area contributed by atoms with Gasteiger partial charge in [0.25, 0.3) is 5.91 Å². The van der Waals surface area contributed by atoms with E-state index < -0.39 is 35.4 Å². The lowest BCUT2D eigenvalue weighted by Crippen LogP contribution is -2.28. The van der Waals surface area contributed by atoms with Crippen molar-refractivity contribution < 1.29 is 27.1 Å². The zero-order valence-corrected chi connectivity index (χ0v) is 20.9. The van der Waals surface area contributed by atoms with E-state index in [0.29, 0.717) is 30.6 Å². The number of nitrogens with one attached hydrogen (secondary N) is 1. The number of ether oxygens (including phenoxy) is 1. The Labute approximate surface area is 222 Å². The SMILES string of the molecule is NCc1cccc(-n2nc(C(F)(F)F)cc2C(=O)NC2=CC(C(OCC3CC3)c3cccnc3)CC=C2F)c1. The smallest absolute Gasteiger partial charge is 0.373 e. The van der Waals surface area contributed by atoms with E-state index in [0.717, 1.165) is 23.1 Å². The minimum Gasteiger partial charge on any atom is -0.373 e. The second kappa shape index (κ2) is 11.1. The van der Waals surface area contributed by atoms with E-state index in [1.807, 2.05) is 6.07 Å². The van der Waals surface area contributed by atoms with Crippen LogP contribution in [0.4, 0.5) is 17.6 Å². The summed E-state index contributed by atoms with van der Waals surface area (Å²) in [6.07, 6.45) is 3.51. The van der Waals surface area contributed by atoms with Crippen LogP contribution in [0.5, 0.6) is 0 Å². The first-order chi connectivity index (χ1) is 18.7. The number of amides is 1. The molecule has 0 bridgehead atoms. The molecule has 0 radical (unpaired) electrons. The third-order valence-electron chi connectivity index (χ3n) is 6.69. The summed E-state index contributed by atoms with van der Waals surface area (Å²) in [5.41, 5.74) is 5.55. The maximum Gasteiger partial charge on any atom is 0.435 e. The molecule has 39 heavy (non-hydrogen) atoms. The van der Waals surface area contributed by atoms with Crippen LogP contribution in [0.2, 0.25) is 0 Å². The summed E-state index contributed by atoms with van der Waals surface area (Å²) in [4.78, 5) is 17.4. The monoisotopic (exact) mass is 541 g/mol. The summed E-state index contributed by atoms with van der Waals surface area (Å²) in [6, 6.07) is 10.7. The van der Waals surface area contributed by atoms with E-state index in [1.54, 1.807) is 36.7 Å². The molecule has 204 valence electrons. The predicted octanol–water partition coefficient (Wildman–Crippen LogP) is 5.40. The number of aromatic nitrogens is 3. The van der Waals surface area contributed by atoms with Crippen LogP contribution in [0.3, 0.4) is 0 Å². The molecule has 3 aromatic rings. The number of alkyl halides is 3. The van der Waals surface area contributed by atoms with Gasteiger partial charge in [0.05, 0.1) is 24.1 Å². The fourth-order valence-corrected chi connectivity index (χ4v) is 4.44. The molecule has 1 fully saturated rings. The Balaban J connectivity index is 1.44. The van der Waals surface area contributed by atoms with E-state index in [-0.39, 0.29) is 23.8 Å². The minimum atomic E-state index is -4.79. The lowest BCUT2D eigenvalue weighted by Gasteiger charge is -2.28. The van der Waals surface area contributed by atoms with E-state index in [2.05, 4.69) is 15.4 Å². The van der Waals surface area contributed by atoms with Crippen molar-refractivity contribution in [3.63, 3.8) is 0 Å². The normalized spacial score (nSPS) is 18.3. The maximum absolute atomic E-state index is 14.9. The first-order valence-corrected chi connectivity index (χ1v) is 12.6. The molecule has 1 saturated carbocycles. The van der Waals surface area contributed by atoms with Gasteiger partial charge >= 0.3 is 6.18 Å². The van der Waals surface area contributed by atoms with Gasteiger partial charge in [-0.1, -0.05) is 24.3 Å². The number of halogens is 4. The van der Waals surface area contributed by atoms with Crippen molar-refractivity contribution in [2.75, 3.05) is 6.61 Å². The Bertz CT molecular complexity index is 1400. The van der Waals surface area contributed by atoms with Crippen LogP contribution in [0.15, 0.2) is 78.5 Å². The number of hydrogen-bond donors (Lipinski definition) is 2. The van der Waals surface area contributed by atoms with Crippen molar-refractivity contribution in [3.8, 4) is 5.69 Å². The molecule has 3 N–H and O–H groups in total. The van der Waals surface area contributed by atoms with E-state index in [9.17, 15) is 22.4 Å². The number of carbonyl (C=O) groups is 1. The highest BCUT2D eigenvalue weighted by atomic mass is 19.4. The Hall–Kier alpha value is -3.83. The van der Waals surface area contributed by atoms with E-state index in [4.69, 9.17) is 10.5 Å². The van der Waals surface area contributed by atoms with Crippen molar-refractivity contribution in [3.05, 3.63) is 101 Å². The van der Waals surface area contributed by atoms with Gasteiger partial charge in [0.2, 0.25) is 0 Å². The number of pyridine rings is 1. The van der Waals surface area contributed by atoms with Gasteiger partial charge in [0, 0.05) is 30.9 Å². The molecule has 2 atom stereocenters. The molecule has 11 heteroatoms. The van der Waals surface area contributed by atoms with Gasteiger partial charge in [-0.3, -0.25) is 9.78 Å². The lowest BCUT2D eigenvalue weighted by molar-refractivity contribution is -0.141. The Kier molecular flexibility index (Phi) is 7.62. The molecular weight excluding hydrogens is 514 g/mol. The number of rotatable bonds is 9. The highest BCUT2D eigenvalue weighted by molar-refractivity contribution is 5.95. The first-order valence-electron chi connectivity index (χ1n) is 12.6. The molecule has 2 heterocycles. The molecule has 2 aromatic heterocycles. The van der Waals surface area contributed by atoms with Crippen molar-refractivity contribution >= 4 is 5.91 Å². The topological polar surface area (TPSA) is 95.1 Å². The van der Waals surface area contributed by atoms with E-state index in [1.165, 1.54) is 18.2 Å². The summed E-state index contributed by atoms with van der Waals surface area (Å²) < 4.78 is 62.6. The van der Waals surface area contributed by atoms with Crippen molar-refractivity contribution in [2.45, 2.75) is 38.1 Å². The summed E-state index contributed by atoms with van der Waals surface area (Å²) in [6.45, 7) is 0.701. The number of allylic oxidation sites excluding steroid dienone is 2. The third-order valence-corrected chi connectivity index (χ3v) is 6.69. The lowest BCUT2D eigenvalue weighted by atomic mass is 9.89. The van der Waals surface area contributed by atoms with Gasteiger partial charge in [-0.15, -0.1) is 0 Å². The van der Waals surface area contributed by atoms with Crippen molar-refractivity contribution in [1.82, 2.24) is 20.1 Å². The van der Waals surface area contributed by atoms with Gasteiger partial charge in [-0.05, 0) is 60.6 Å². The third kappa shape index (κ3) is 6.26. The molecule has 0 saturated heterocycles. The summed E-state index contributed by atoms with van der Waals surface area (Å²) in [7, 11) is 0. The Morgan fingerprint density at radius 3 is 2.72 bits per heavy atom. The second-order valence-corrected chi connectivity index (χ2v) is 9.67. The fourth-order valence-electron chi connectivity index (χ4n) is 4.44. The molecular formula is C28H27F4N5O2. The number of carbonyl (C=O) groups excluding carboxylic acids is 1. The van der Waals surface area contributed by atoms with Gasteiger partial charge in [0.15, 0.2) is 5.69 Å². The van der Waals surface area contributed by atoms with Crippen LogP contribution in [-0.2, 0) is 17.5 Å². The molecule has 7 nitrogen and oxygen atoms in total. The molecule has 2 unspecified atom stereocenters. The highest BCUT2D eigenvalue weighted by Gasteiger charge is 2.37. The number of hydrogen-bond acceptors (Lipinski definition) is 5. The average molecular weight is 542 g/mol. The van der Waals surface area contributed by atoms with Gasteiger partial charge in [-0.25, -0.2) is 9.07 Å². The van der Waals surface area contributed by atoms with E-state index >= 15 is 0 Å². The van der Waals surface area contributed by atoms with Crippen molar-refractivity contribution in [1.29, 1.82) is 0 Å². The van der Waals surface area contributed by atoms with Gasteiger partial charge in [0.1, 0.15) is 11.5 Å². The summed E-state index contributed by atoms with van der Waals surface area (Å²) in [5, 5.41) is 6.08. The highest BCUT2D eigenvalue weighted by Crippen LogP contribution is 2.38. The average Bonchev–Trinajstić information content (AvgIpc) is 3.64. The Morgan fingerprint density at radius 2 is 2.03 bits per heavy atom. The minimum absolute atomic E-state index is 0.142. The molecule has 1 amide bonds. The summed E-state index contributed by atoms with van der Waals surface area (Å²) in [5.74, 6) is -1.47. The largest absolute Gasteiger partial charge is 0.435 e. The van der Waals surface area contributed by atoms with Crippen LogP contribution < -0.4 is 11.1 Å². The molecule has 2 aliphatic carbocycles. The maximum atomic E-state index is 14.9. The fraction of sp³-hybridized carbons (Fsp3) is 0.321. The predicted molar refractivity (Wildman–Crippen MR) is 135 cm³/mol. The van der Waals surface area contributed by atoms with Crippen LogP contribution in [0.25, 0.3) is 5.69 Å². The van der Waals surface area contributed by atoms with Crippen LogP contribution in [-0.4, -0.2) is 27.3 Å². The standard InChI is InChI=1S/C28H27F4N5O2/c29-22-9-8-19(26(39-16-17-6-7-17)20-4-2-10-34-15-20)12-23(22)35-27(38)24-13-25(28(30,31)32)36-37(24)21-5-1-3-18(11-21)14-33/h1-5,9-13,15,17,19,26H,6-8,14,16,33H2,(H,35,38).